The van der Waals surface area contributed by atoms with Crippen LogP contribution in [0.1, 0.15) is 22.9 Å². The Morgan fingerprint density at radius 1 is 1.00 bits per heavy atom. The van der Waals surface area contributed by atoms with Crippen LogP contribution in [0, 0.1) is 0 Å². The average Bonchev–Trinajstić information content (AvgIpc) is 3.39. The Kier molecular flexibility index (Phi) is 3.41. The molecule has 0 fully saturated rings. The molecule has 2 aliphatic heterocycles. The van der Waals surface area contributed by atoms with E-state index in [-0.39, 0.29) is 18.3 Å². The molecule has 2 aromatic carbocycles. The second-order valence-corrected chi connectivity index (χ2v) is 7.22. The number of ether oxygens (including phenoxy) is 2. The first-order chi connectivity index (χ1) is 14.3. The number of rotatable bonds is 2. The lowest BCUT2D eigenvalue weighted by Crippen LogP contribution is -2.23. The van der Waals surface area contributed by atoms with Gasteiger partial charge in [-0.05, 0) is 42.0 Å². The van der Waals surface area contributed by atoms with Crippen LogP contribution in [0.2, 0.25) is 0 Å². The summed E-state index contributed by atoms with van der Waals surface area (Å²) in [5.74, 6) is 2.28. The Morgan fingerprint density at radius 3 is 2.76 bits per heavy atom. The Hall–Kier alpha value is -3.80. The van der Waals surface area contributed by atoms with Gasteiger partial charge in [0.1, 0.15) is 5.82 Å². The van der Waals surface area contributed by atoms with Crippen molar-refractivity contribution in [3.63, 3.8) is 0 Å². The Morgan fingerprint density at radius 2 is 1.86 bits per heavy atom. The Labute approximate surface area is 166 Å². The van der Waals surface area contributed by atoms with Gasteiger partial charge in [-0.3, -0.25) is 4.79 Å². The van der Waals surface area contributed by atoms with Crippen LogP contribution in [-0.2, 0) is 6.54 Å². The van der Waals surface area contributed by atoms with Gasteiger partial charge in [-0.25, -0.2) is 4.98 Å². The van der Waals surface area contributed by atoms with Crippen molar-refractivity contribution in [2.24, 2.45) is 0 Å². The van der Waals surface area contributed by atoms with Crippen molar-refractivity contribution in [3.05, 3.63) is 93.9 Å². The van der Waals surface area contributed by atoms with Gasteiger partial charge in [0.05, 0.1) is 18.3 Å². The number of pyridine rings is 2. The molecule has 1 unspecified atom stereocenters. The van der Waals surface area contributed by atoms with E-state index in [0.717, 1.165) is 39.7 Å². The van der Waals surface area contributed by atoms with Crippen molar-refractivity contribution < 1.29 is 9.47 Å². The molecular formula is C23H17N3O3. The lowest BCUT2D eigenvalue weighted by Gasteiger charge is -2.26. The minimum absolute atomic E-state index is 0.0681. The molecule has 29 heavy (non-hydrogen) atoms. The highest BCUT2D eigenvalue weighted by molar-refractivity contribution is 5.80. The molecule has 2 aliphatic rings. The summed E-state index contributed by atoms with van der Waals surface area (Å²) in [5.41, 5.74) is 3.60. The van der Waals surface area contributed by atoms with Crippen molar-refractivity contribution in [1.29, 1.82) is 0 Å². The predicted octanol–water partition coefficient (Wildman–Crippen LogP) is 3.76. The number of hydrogen-bond donors (Lipinski definition) is 1. The minimum Gasteiger partial charge on any atom is -0.454 e. The number of benzene rings is 2. The molecule has 1 atom stereocenters. The summed E-state index contributed by atoms with van der Waals surface area (Å²) in [6.07, 6.45) is 1.77. The Bertz CT molecular complexity index is 1300. The first-order valence-corrected chi connectivity index (χ1v) is 9.50. The highest BCUT2D eigenvalue weighted by Gasteiger charge is 2.36. The molecule has 2 aromatic heterocycles. The molecule has 1 N–H and O–H groups in total. The molecule has 0 amide bonds. The summed E-state index contributed by atoms with van der Waals surface area (Å²) in [6.45, 7) is 0.719. The summed E-state index contributed by atoms with van der Waals surface area (Å²) < 4.78 is 11.1. The van der Waals surface area contributed by atoms with Crippen molar-refractivity contribution in [1.82, 2.24) is 9.97 Å². The number of aromatic nitrogens is 2. The van der Waals surface area contributed by atoms with Crippen LogP contribution < -0.4 is 19.8 Å². The quantitative estimate of drug-likeness (QED) is 0.571. The summed E-state index contributed by atoms with van der Waals surface area (Å²) in [7, 11) is 0. The van der Waals surface area contributed by atoms with E-state index in [1.54, 1.807) is 6.20 Å². The monoisotopic (exact) mass is 383 g/mol. The van der Waals surface area contributed by atoms with Crippen molar-refractivity contribution in [2.45, 2.75) is 12.6 Å². The van der Waals surface area contributed by atoms with E-state index in [2.05, 4.69) is 14.9 Å². The van der Waals surface area contributed by atoms with Gasteiger partial charge in [0.25, 0.3) is 0 Å². The SMILES string of the molecule is O=c1c2c([nH]c3ccccc13)C(c1ccc3c(c1)OCO3)N(c1ccccn1)C2. The number of anilines is 1. The number of hydrogen-bond acceptors (Lipinski definition) is 5. The predicted molar refractivity (Wildman–Crippen MR) is 109 cm³/mol. The standard InChI is InChI=1S/C23H17N3O3/c27-23-15-5-1-2-6-17(15)25-21-16(23)12-26(20-7-3-4-10-24-20)22(21)14-8-9-18-19(11-14)29-13-28-18/h1-11,22H,12-13H2,(H,25,27). The van der Waals surface area contributed by atoms with Crippen molar-refractivity contribution >= 4 is 16.7 Å². The van der Waals surface area contributed by atoms with Crippen molar-refractivity contribution in [2.75, 3.05) is 11.7 Å². The van der Waals surface area contributed by atoms with E-state index < -0.39 is 0 Å². The lowest BCUT2D eigenvalue weighted by molar-refractivity contribution is 0.174. The van der Waals surface area contributed by atoms with Gasteiger partial charge in [-0.2, -0.15) is 0 Å². The molecular weight excluding hydrogens is 366 g/mol. The molecule has 0 saturated carbocycles. The second kappa shape index (κ2) is 6.10. The fraction of sp³-hybridized carbons (Fsp3) is 0.130. The fourth-order valence-electron chi connectivity index (χ4n) is 4.27. The molecule has 0 saturated heterocycles. The van der Waals surface area contributed by atoms with Gasteiger partial charge in [-0.15, -0.1) is 0 Å². The number of para-hydroxylation sites is 1. The average molecular weight is 383 g/mol. The fourth-order valence-corrected chi connectivity index (χ4v) is 4.27. The normalized spacial score (nSPS) is 17.0. The molecule has 6 rings (SSSR count). The van der Waals surface area contributed by atoms with Crippen molar-refractivity contribution in [3.8, 4) is 11.5 Å². The molecule has 0 aliphatic carbocycles. The van der Waals surface area contributed by atoms with Crippen LogP contribution in [-0.4, -0.2) is 16.8 Å². The first kappa shape index (κ1) is 16.2. The number of nitrogens with one attached hydrogen (secondary N) is 1. The maximum Gasteiger partial charge on any atom is 0.231 e. The van der Waals surface area contributed by atoms with Crippen LogP contribution in [0.5, 0.6) is 11.5 Å². The van der Waals surface area contributed by atoms with E-state index in [1.807, 2.05) is 60.7 Å². The zero-order valence-corrected chi connectivity index (χ0v) is 15.5. The van der Waals surface area contributed by atoms with E-state index in [4.69, 9.17) is 9.47 Å². The van der Waals surface area contributed by atoms with Crippen LogP contribution in [0.3, 0.4) is 0 Å². The Balaban J connectivity index is 1.59. The third-order valence-electron chi connectivity index (χ3n) is 5.61. The molecule has 4 aromatic rings. The van der Waals surface area contributed by atoms with Gasteiger partial charge < -0.3 is 19.4 Å². The van der Waals surface area contributed by atoms with Crippen LogP contribution in [0.4, 0.5) is 5.82 Å². The molecule has 142 valence electrons. The summed E-state index contributed by atoms with van der Waals surface area (Å²) >= 11 is 0. The third-order valence-corrected chi connectivity index (χ3v) is 5.61. The minimum atomic E-state index is -0.174. The van der Waals surface area contributed by atoms with E-state index in [1.165, 1.54) is 0 Å². The highest BCUT2D eigenvalue weighted by Crippen LogP contribution is 2.42. The summed E-state index contributed by atoms with van der Waals surface area (Å²) in [4.78, 5) is 23.5. The number of fused-ring (bicyclic) bond motifs is 3. The van der Waals surface area contributed by atoms with Gasteiger partial charge in [0, 0.05) is 22.7 Å². The van der Waals surface area contributed by atoms with Crippen LogP contribution >= 0.6 is 0 Å². The molecule has 0 radical (unpaired) electrons. The summed E-state index contributed by atoms with van der Waals surface area (Å²) in [6, 6.07) is 19.2. The highest BCUT2D eigenvalue weighted by atomic mass is 16.7. The third kappa shape index (κ3) is 2.42. The number of nitrogens with zero attached hydrogens (tertiary/aromatic N) is 2. The van der Waals surface area contributed by atoms with Gasteiger partial charge >= 0.3 is 0 Å². The zero-order valence-electron chi connectivity index (χ0n) is 15.5. The van der Waals surface area contributed by atoms with Crippen LogP contribution in [0.15, 0.2) is 71.7 Å². The first-order valence-electron chi connectivity index (χ1n) is 9.50. The van der Waals surface area contributed by atoms with E-state index in [0.29, 0.717) is 11.9 Å². The molecule has 0 spiro atoms. The topological polar surface area (TPSA) is 67.5 Å². The number of H-pyrrole nitrogens is 1. The largest absolute Gasteiger partial charge is 0.454 e. The van der Waals surface area contributed by atoms with E-state index in [9.17, 15) is 4.79 Å². The molecule has 4 heterocycles. The second-order valence-electron chi connectivity index (χ2n) is 7.22. The zero-order chi connectivity index (χ0) is 19.4. The summed E-state index contributed by atoms with van der Waals surface area (Å²) in [5, 5.41) is 0.707. The maximum absolute atomic E-state index is 13.2. The molecule has 6 nitrogen and oxygen atoms in total. The molecule has 0 bridgehead atoms. The van der Waals surface area contributed by atoms with E-state index >= 15 is 0 Å². The smallest absolute Gasteiger partial charge is 0.231 e. The number of aromatic amines is 1. The van der Waals surface area contributed by atoms with Gasteiger partial charge in [0.2, 0.25) is 6.79 Å². The molecule has 6 heteroatoms. The maximum atomic E-state index is 13.2. The van der Waals surface area contributed by atoms with Gasteiger partial charge in [0.15, 0.2) is 16.9 Å². The lowest BCUT2D eigenvalue weighted by atomic mass is 10.0. The van der Waals surface area contributed by atoms with Gasteiger partial charge in [-0.1, -0.05) is 24.3 Å². The van der Waals surface area contributed by atoms with Crippen LogP contribution in [0.25, 0.3) is 10.9 Å².